The molecule has 0 aliphatic heterocycles. The van der Waals surface area contributed by atoms with Crippen molar-refractivity contribution in [3.8, 4) is 0 Å². The molecule has 1 nitrogen and oxygen atoms in total. The third kappa shape index (κ3) is 2.79. The standard InChI is InChI=1S/C12H10F3NS/c1-7-2-3-8(17-7)6-16-12-5-10(14)9(13)4-11(12)15/h2-5,16H,6H2,1H3. The Morgan fingerprint density at radius 2 is 1.76 bits per heavy atom. The molecule has 1 aromatic carbocycles. The number of halogens is 3. The first-order valence-corrected chi connectivity index (χ1v) is 5.81. The van der Waals surface area contributed by atoms with Gasteiger partial charge in [0.2, 0.25) is 0 Å². The zero-order valence-electron chi connectivity index (χ0n) is 9.06. The predicted octanol–water partition coefficient (Wildman–Crippen LogP) is 4.09. The first-order valence-electron chi connectivity index (χ1n) is 5.00. The van der Waals surface area contributed by atoms with E-state index in [-0.39, 0.29) is 5.69 Å². The summed E-state index contributed by atoms with van der Waals surface area (Å²) in [7, 11) is 0. The fourth-order valence-electron chi connectivity index (χ4n) is 1.42. The third-order valence-electron chi connectivity index (χ3n) is 2.26. The van der Waals surface area contributed by atoms with Gasteiger partial charge in [-0.25, -0.2) is 13.2 Å². The molecule has 1 heterocycles. The molecule has 0 radical (unpaired) electrons. The lowest BCUT2D eigenvalue weighted by atomic mass is 10.2. The largest absolute Gasteiger partial charge is 0.378 e. The molecular formula is C12H10F3NS. The topological polar surface area (TPSA) is 12.0 Å². The Morgan fingerprint density at radius 3 is 2.41 bits per heavy atom. The number of thiophene rings is 1. The molecule has 0 aliphatic carbocycles. The van der Waals surface area contributed by atoms with Gasteiger partial charge in [-0.1, -0.05) is 0 Å². The molecule has 0 saturated heterocycles. The summed E-state index contributed by atoms with van der Waals surface area (Å²) in [5, 5.41) is 2.74. The van der Waals surface area contributed by atoms with Gasteiger partial charge in [-0.05, 0) is 19.1 Å². The lowest BCUT2D eigenvalue weighted by Gasteiger charge is -2.06. The van der Waals surface area contributed by atoms with Crippen molar-refractivity contribution in [1.82, 2.24) is 0 Å². The Labute approximate surface area is 101 Å². The SMILES string of the molecule is Cc1ccc(CNc2cc(F)c(F)cc2F)s1. The molecule has 17 heavy (non-hydrogen) atoms. The van der Waals surface area contributed by atoms with Crippen LogP contribution in [0.15, 0.2) is 24.3 Å². The van der Waals surface area contributed by atoms with Crippen molar-refractivity contribution in [1.29, 1.82) is 0 Å². The van der Waals surface area contributed by atoms with Crippen LogP contribution in [0.3, 0.4) is 0 Å². The van der Waals surface area contributed by atoms with E-state index in [4.69, 9.17) is 0 Å². The van der Waals surface area contributed by atoms with E-state index >= 15 is 0 Å². The molecule has 0 unspecified atom stereocenters. The number of rotatable bonds is 3. The molecule has 0 spiro atoms. The maximum absolute atomic E-state index is 13.3. The number of hydrogen-bond donors (Lipinski definition) is 1. The minimum atomic E-state index is -1.18. The van der Waals surface area contributed by atoms with Crippen molar-refractivity contribution in [3.05, 3.63) is 51.5 Å². The second-order valence-electron chi connectivity index (χ2n) is 3.61. The van der Waals surface area contributed by atoms with Gasteiger partial charge >= 0.3 is 0 Å². The van der Waals surface area contributed by atoms with Gasteiger partial charge in [0.1, 0.15) is 5.82 Å². The number of anilines is 1. The van der Waals surface area contributed by atoms with Crippen molar-refractivity contribution in [2.24, 2.45) is 0 Å². The molecule has 5 heteroatoms. The van der Waals surface area contributed by atoms with Gasteiger partial charge in [-0.3, -0.25) is 0 Å². The quantitative estimate of drug-likeness (QED) is 0.817. The van der Waals surface area contributed by atoms with Gasteiger partial charge in [-0.15, -0.1) is 11.3 Å². The number of nitrogens with one attached hydrogen (secondary N) is 1. The molecule has 0 bridgehead atoms. The smallest absolute Gasteiger partial charge is 0.161 e. The van der Waals surface area contributed by atoms with Crippen LogP contribution in [-0.2, 0) is 6.54 Å². The first kappa shape index (κ1) is 12.0. The molecule has 1 aromatic heterocycles. The molecule has 0 fully saturated rings. The molecular weight excluding hydrogens is 247 g/mol. The maximum Gasteiger partial charge on any atom is 0.161 e. The van der Waals surface area contributed by atoms with Crippen LogP contribution < -0.4 is 5.32 Å². The first-order chi connectivity index (χ1) is 8.06. The van der Waals surface area contributed by atoms with Crippen molar-refractivity contribution >= 4 is 17.0 Å². The van der Waals surface area contributed by atoms with Crippen LogP contribution in [0.25, 0.3) is 0 Å². The van der Waals surface area contributed by atoms with Crippen LogP contribution in [0.2, 0.25) is 0 Å². The van der Waals surface area contributed by atoms with Crippen molar-refractivity contribution in [3.63, 3.8) is 0 Å². The van der Waals surface area contributed by atoms with Gasteiger partial charge in [0, 0.05) is 28.4 Å². The lowest BCUT2D eigenvalue weighted by Crippen LogP contribution is -2.01. The van der Waals surface area contributed by atoms with Gasteiger partial charge in [0.25, 0.3) is 0 Å². The Kier molecular flexibility index (Phi) is 3.38. The van der Waals surface area contributed by atoms with Crippen LogP contribution in [0.5, 0.6) is 0 Å². The van der Waals surface area contributed by atoms with E-state index in [0.29, 0.717) is 12.6 Å². The van der Waals surface area contributed by atoms with Crippen molar-refractivity contribution in [2.75, 3.05) is 5.32 Å². The summed E-state index contributed by atoms with van der Waals surface area (Å²) in [6.45, 7) is 2.35. The fourth-order valence-corrected chi connectivity index (χ4v) is 2.25. The highest BCUT2D eigenvalue weighted by atomic mass is 32.1. The molecule has 0 atom stereocenters. The van der Waals surface area contributed by atoms with Gasteiger partial charge < -0.3 is 5.32 Å². The van der Waals surface area contributed by atoms with E-state index in [2.05, 4.69) is 5.32 Å². The Hall–Kier alpha value is -1.49. The van der Waals surface area contributed by atoms with Crippen LogP contribution in [-0.4, -0.2) is 0 Å². The normalized spacial score (nSPS) is 10.6. The van der Waals surface area contributed by atoms with Crippen molar-refractivity contribution in [2.45, 2.75) is 13.5 Å². The number of benzene rings is 1. The Morgan fingerprint density at radius 1 is 1.06 bits per heavy atom. The second kappa shape index (κ2) is 4.79. The molecule has 0 saturated carbocycles. The second-order valence-corrected chi connectivity index (χ2v) is 4.98. The highest BCUT2D eigenvalue weighted by molar-refractivity contribution is 7.11. The highest BCUT2D eigenvalue weighted by Crippen LogP contribution is 2.21. The fraction of sp³-hybridized carbons (Fsp3) is 0.167. The van der Waals surface area contributed by atoms with Crippen LogP contribution in [0, 0.1) is 24.4 Å². The summed E-state index contributed by atoms with van der Waals surface area (Å²) in [6, 6.07) is 5.22. The minimum Gasteiger partial charge on any atom is -0.378 e. The van der Waals surface area contributed by atoms with Crippen molar-refractivity contribution < 1.29 is 13.2 Å². The summed E-state index contributed by atoms with van der Waals surface area (Å²) >= 11 is 1.57. The maximum atomic E-state index is 13.3. The number of aryl methyl sites for hydroxylation is 1. The zero-order valence-corrected chi connectivity index (χ0v) is 9.88. The summed E-state index contributed by atoms with van der Waals surface area (Å²) in [5.41, 5.74) is -0.0325. The molecule has 2 aromatic rings. The molecule has 0 amide bonds. The monoisotopic (exact) mass is 257 g/mol. The summed E-state index contributed by atoms with van der Waals surface area (Å²) < 4.78 is 38.9. The zero-order chi connectivity index (χ0) is 12.4. The van der Waals surface area contributed by atoms with E-state index in [1.165, 1.54) is 0 Å². The predicted molar refractivity (Wildman–Crippen MR) is 62.7 cm³/mol. The third-order valence-corrected chi connectivity index (χ3v) is 3.26. The average molecular weight is 257 g/mol. The van der Waals surface area contributed by atoms with Crippen LogP contribution in [0.1, 0.15) is 9.75 Å². The van der Waals surface area contributed by atoms with Crippen LogP contribution >= 0.6 is 11.3 Å². The van der Waals surface area contributed by atoms with E-state index in [0.717, 1.165) is 15.8 Å². The molecule has 90 valence electrons. The van der Waals surface area contributed by atoms with E-state index in [1.54, 1.807) is 11.3 Å². The lowest BCUT2D eigenvalue weighted by molar-refractivity contribution is 0.496. The van der Waals surface area contributed by atoms with E-state index in [1.807, 2.05) is 19.1 Å². The Bertz CT molecular complexity index is 537. The van der Waals surface area contributed by atoms with E-state index < -0.39 is 17.5 Å². The van der Waals surface area contributed by atoms with E-state index in [9.17, 15) is 13.2 Å². The molecule has 2 rings (SSSR count). The number of hydrogen-bond acceptors (Lipinski definition) is 2. The van der Waals surface area contributed by atoms with Gasteiger partial charge in [0.15, 0.2) is 11.6 Å². The van der Waals surface area contributed by atoms with Crippen LogP contribution in [0.4, 0.5) is 18.9 Å². The average Bonchev–Trinajstić information content (AvgIpc) is 2.68. The Balaban J connectivity index is 2.11. The summed E-state index contributed by atoms with van der Waals surface area (Å²) in [5.74, 6) is -3.03. The highest BCUT2D eigenvalue weighted by Gasteiger charge is 2.09. The molecule has 0 aliphatic rings. The summed E-state index contributed by atoms with van der Waals surface area (Å²) in [4.78, 5) is 2.15. The molecule has 1 N–H and O–H groups in total. The summed E-state index contributed by atoms with van der Waals surface area (Å²) in [6.07, 6.45) is 0. The minimum absolute atomic E-state index is 0.0325. The van der Waals surface area contributed by atoms with Gasteiger partial charge in [0.05, 0.1) is 5.69 Å². The van der Waals surface area contributed by atoms with Gasteiger partial charge in [-0.2, -0.15) is 0 Å².